The molecular formula is C22H25N3O3. The lowest BCUT2D eigenvalue weighted by atomic mass is 9.86. The molecule has 0 bridgehead atoms. The van der Waals surface area contributed by atoms with Crippen molar-refractivity contribution in [3.63, 3.8) is 0 Å². The van der Waals surface area contributed by atoms with E-state index in [1.165, 1.54) is 5.56 Å². The van der Waals surface area contributed by atoms with Crippen LogP contribution in [0, 0.1) is 11.3 Å². The van der Waals surface area contributed by atoms with E-state index in [9.17, 15) is 9.59 Å². The lowest BCUT2D eigenvalue weighted by Gasteiger charge is -2.19. The number of hydrazine groups is 1. The van der Waals surface area contributed by atoms with Crippen LogP contribution >= 0.6 is 0 Å². The largest absolute Gasteiger partial charge is 0.482 e. The summed E-state index contributed by atoms with van der Waals surface area (Å²) in [6, 6.07) is 16.8. The molecule has 28 heavy (non-hydrogen) atoms. The Hall–Kier alpha value is -3.33. The zero-order valence-electron chi connectivity index (χ0n) is 16.4. The predicted molar refractivity (Wildman–Crippen MR) is 106 cm³/mol. The van der Waals surface area contributed by atoms with Crippen LogP contribution in [0.5, 0.6) is 5.75 Å². The van der Waals surface area contributed by atoms with Crippen LogP contribution in [0.1, 0.15) is 43.9 Å². The van der Waals surface area contributed by atoms with E-state index in [0.717, 1.165) is 5.56 Å². The van der Waals surface area contributed by atoms with E-state index < -0.39 is 5.91 Å². The van der Waals surface area contributed by atoms with Crippen molar-refractivity contribution in [2.24, 2.45) is 0 Å². The van der Waals surface area contributed by atoms with Gasteiger partial charge in [-0.25, -0.2) is 0 Å². The third kappa shape index (κ3) is 6.44. The summed E-state index contributed by atoms with van der Waals surface area (Å²) in [5, 5.41) is 8.98. The maximum Gasteiger partial charge on any atom is 0.276 e. The third-order valence-electron chi connectivity index (χ3n) is 4.17. The second kappa shape index (κ2) is 9.56. The molecule has 2 amide bonds. The van der Waals surface area contributed by atoms with Crippen molar-refractivity contribution in [3.8, 4) is 11.8 Å². The van der Waals surface area contributed by atoms with Crippen LogP contribution in [-0.4, -0.2) is 18.4 Å². The number of carbonyl (C=O) groups excluding carboxylic acids is 2. The van der Waals surface area contributed by atoms with Crippen molar-refractivity contribution in [2.45, 2.75) is 39.0 Å². The van der Waals surface area contributed by atoms with Crippen LogP contribution in [-0.2, 0) is 21.4 Å². The Bertz CT molecular complexity index is 862. The molecule has 2 N–H and O–H groups in total. The summed E-state index contributed by atoms with van der Waals surface area (Å²) in [7, 11) is 0. The number of ether oxygens (including phenoxy) is 1. The maximum absolute atomic E-state index is 11.9. The van der Waals surface area contributed by atoms with Crippen molar-refractivity contribution < 1.29 is 14.3 Å². The Labute approximate surface area is 165 Å². The minimum atomic E-state index is -0.504. The molecule has 2 aromatic rings. The fraction of sp³-hybridized carbons (Fsp3) is 0.318. The van der Waals surface area contributed by atoms with Gasteiger partial charge in [-0.15, -0.1) is 0 Å². The van der Waals surface area contributed by atoms with Crippen molar-refractivity contribution in [1.82, 2.24) is 10.9 Å². The topological polar surface area (TPSA) is 91.2 Å². The molecule has 0 atom stereocenters. The molecule has 0 spiro atoms. The number of para-hydroxylation sites is 1. The smallest absolute Gasteiger partial charge is 0.276 e. The van der Waals surface area contributed by atoms with Crippen molar-refractivity contribution in [1.29, 1.82) is 5.26 Å². The number of nitrogens with one attached hydrogen (secondary N) is 2. The molecule has 0 aromatic heterocycles. The minimum Gasteiger partial charge on any atom is -0.482 e. The summed E-state index contributed by atoms with van der Waals surface area (Å²) in [5.74, 6) is -0.466. The summed E-state index contributed by atoms with van der Waals surface area (Å²) in [6.45, 7) is 6.16. The fourth-order valence-electron chi connectivity index (χ4n) is 2.50. The molecule has 0 unspecified atom stereocenters. The highest BCUT2D eigenvalue weighted by molar-refractivity contribution is 5.82. The lowest BCUT2D eigenvalue weighted by Crippen LogP contribution is -2.43. The quantitative estimate of drug-likeness (QED) is 0.755. The second-order valence-corrected chi connectivity index (χ2v) is 7.44. The van der Waals surface area contributed by atoms with Crippen molar-refractivity contribution in [3.05, 3.63) is 65.2 Å². The number of nitriles is 1. The van der Waals surface area contributed by atoms with E-state index >= 15 is 0 Å². The highest BCUT2D eigenvalue weighted by Crippen LogP contribution is 2.22. The SMILES string of the molecule is CC(C)(C)c1ccc(CCC(=O)NNC(=O)COc2ccccc2C#N)cc1. The van der Waals surface area contributed by atoms with Crippen LogP contribution in [0.15, 0.2) is 48.5 Å². The van der Waals surface area contributed by atoms with Crippen LogP contribution in [0.4, 0.5) is 0 Å². The average Bonchev–Trinajstić information content (AvgIpc) is 2.69. The highest BCUT2D eigenvalue weighted by atomic mass is 16.5. The molecule has 2 aromatic carbocycles. The molecule has 0 radical (unpaired) electrons. The minimum absolute atomic E-state index is 0.0933. The number of aryl methyl sites for hydroxylation is 1. The Balaban J connectivity index is 1.72. The zero-order valence-corrected chi connectivity index (χ0v) is 16.4. The van der Waals surface area contributed by atoms with Gasteiger partial charge in [0.25, 0.3) is 5.91 Å². The van der Waals surface area contributed by atoms with E-state index in [1.54, 1.807) is 24.3 Å². The summed E-state index contributed by atoms with van der Waals surface area (Å²) < 4.78 is 5.30. The molecule has 0 aliphatic carbocycles. The van der Waals surface area contributed by atoms with Gasteiger partial charge in [0, 0.05) is 6.42 Å². The van der Waals surface area contributed by atoms with Crippen molar-refractivity contribution >= 4 is 11.8 Å². The number of amides is 2. The first kappa shape index (κ1) is 21.0. The van der Waals surface area contributed by atoms with Gasteiger partial charge in [0.05, 0.1) is 5.56 Å². The van der Waals surface area contributed by atoms with Gasteiger partial charge in [-0.2, -0.15) is 5.26 Å². The number of benzene rings is 2. The van der Waals surface area contributed by atoms with Crippen LogP contribution in [0.25, 0.3) is 0 Å². The first-order chi connectivity index (χ1) is 13.3. The molecule has 0 aliphatic heterocycles. The van der Waals surface area contributed by atoms with E-state index in [1.807, 2.05) is 18.2 Å². The first-order valence-corrected chi connectivity index (χ1v) is 9.08. The van der Waals surface area contributed by atoms with Crippen LogP contribution in [0.3, 0.4) is 0 Å². The van der Waals surface area contributed by atoms with Gasteiger partial charge < -0.3 is 4.74 Å². The Morgan fingerprint density at radius 1 is 1.00 bits per heavy atom. The molecule has 0 heterocycles. The van der Waals surface area contributed by atoms with Gasteiger partial charge >= 0.3 is 0 Å². The van der Waals surface area contributed by atoms with Gasteiger partial charge in [-0.05, 0) is 35.1 Å². The van der Waals surface area contributed by atoms with Gasteiger partial charge in [0.2, 0.25) is 5.91 Å². The number of hydrogen-bond donors (Lipinski definition) is 2. The third-order valence-corrected chi connectivity index (χ3v) is 4.17. The molecule has 0 aliphatic rings. The molecular weight excluding hydrogens is 354 g/mol. The first-order valence-electron chi connectivity index (χ1n) is 9.08. The fourth-order valence-corrected chi connectivity index (χ4v) is 2.50. The number of nitrogens with zero attached hydrogens (tertiary/aromatic N) is 1. The van der Waals surface area contributed by atoms with Crippen LogP contribution in [0.2, 0.25) is 0 Å². The maximum atomic E-state index is 11.9. The lowest BCUT2D eigenvalue weighted by molar-refractivity contribution is -0.130. The number of carbonyl (C=O) groups is 2. The Morgan fingerprint density at radius 3 is 2.29 bits per heavy atom. The molecule has 0 saturated heterocycles. The van der Waals surface area contributed by atoms with E-state index in [4.69, 9.17) is 10.00 Å². The van der Waals surface area contributed by atoms with Gasteiger partial charge in [-0.1, -0.05) is 57.2 Å². The van der Waals surface area contributed by atoms with Crippen LogP contribution < -0.4 is 15.6 Å². The molecule has 6 heteroatoms. The zero-order chi connectivity index (χ0) is 20.6. The summed E-state index contributed by atoms with van der Waals surface area (Å²) in [6.07, 6.45) is 0.839. The van der Waals surface area contributed by atoms with Gasteiger partial charge in [0.15, 0.2) is 6.61 Å². The Kier molecular flexibility index (Phi) is 7.16. The number of hydrogen-bond acceptors (Lipinski definition) is 4. The second-order valence-electron chi connectivity index (χ2n) is 7.44. The summed E-state index contributed by atoms with van der Waals surface area (Å²) in [4.78, 5) is 23.7. The van der Waals surface area contributed by atoms with Gasteiger partial charge in [0.1, 0.15) is 11.8 Å². The molecule has 2 rings (SSSR count). The van der Waals surface area contributed by atoms with Gasteiger partial charge in [-0.3, -0.25) is 20.4 Å². The molecule has 0 fully saturated rings. The highest BCUT2D eigenvalue weighted by Gasteiger charge is 2.13. The summed E-state index contributed by atoms with van der Waals surface area (Å²) >= 11 is 0. The van der Waals surface area contributed by atoms with E-state index in [-0.39, 0.29) is 24.3 Å². The van der Waals surface area contributed by atoms with E-state index in [0.29, 0.717) is 17.7 Å². The standard InChI is InChI=1S/C22H25N3O3/c1-22(2,3)18-11-8-16(9-12-18)10-13-20(26)24-25-21(27)15-28-19-7-5-4-6-17(19)14-23/h4-9,11-12H,10,13,15H2,1-3H3,(H,24,26)(H,25,27). The van der Waals surface area contributed by atoms with E-state index in [2.05, 4.69) is 43.8 Å². The molecule has 146 valence electrons. The van der Waals surface area contributed by atoms with Crippen molar-refractivity contribution in [2.75, 3.05) is 6.61 Å². The Morgan fingerprint density at radius 2 is 1.64 bits per heavy atom. The average molecular weight is 379 g/mol. The predicted octanol–water partition coefficient (Wildman–Crippen LogP) is 3.01. The molecule has 6 nitrogen and oxygen atoms in total. The monoisotopic (exact) mass is 379 g/mol. The molecule has 0 saturated carbocycles. The number of rotatable bonds is 6. The normalized spacial score (nSPS) is 10.6. The summed E-state index contributed by atoms with van der Waals surface area (Å²) in [5.41, 5.74) is 7.42.